The van der Waals surface area contributed by atoms with Crippen molar-refractivity contribution >= 4 is 0 Å². The number of nitrogens with zero attached hydrogens (tertiary/aromatic N) is 2. The maximum absolute atomic E-state index is 12.4. The fraction of sp³-hybridized carbons (Fsp3) is 0.455. The van der Waals surface area contributed by atoms with Crippen LogP contribution in [0.4, 0.5) is 0 Å². The van der Waals surface area contributed by atoms with Gasteiger partial charge in [0.1, 0.15) is 11.6 Å². The highest BCUT2D eigenvalue weighted by Crippen LogP contribution is 2.34. The standard InChI is InChI=1S/C30H37N3O.C2H6.CH5N/c1-7-33(21-30(5,6)20-29(2,3)4)19-22-13-15-24(16-14-22)27-26(23-11-9-8-10-12-23)17-25(18-31)28(34)32-27;2*1-2/h8-17H,7,19-21H2,1-6H3,(H,32,34);1-2H3;2H2,1H3. The molecule has 0 spiro atoms. The molecule has 0 aliphatic heterocycles. The number of hydrogen-bond donors (Lipinski definition) is 2. The molecule has 206 valence electrons. The normalized spacial score (nSPS) is 11.1. The molecule has 0 aliphatic carbocycles. The number of pyridine rings is 1. The molecule has 0 saturated carbocycles. The van der Waals surface area contributed by atoms with Gasteiger partial charge in [0, 0.05) is 18.7 Å². The summed E-state index contributed by atoms with van der Waals surface area (Å²) in [4.78, 5) is 17.9. The minimum absolute atomic E-state index is 0.121. The van der Waals surface area contributed by atoms with E-state index in [1.54, 1.807) is 6.07 Å². The van der Waals surface area contributed by atoms with Crippen molar-refractivity contribution in [2.45, 2.75) is 68.4 Å². The van der Waals surface area contributed by atoms with E-state index in [0.717, 1.165) is 42.0 Å². The lowest BCUT2D eigenvalue weighted by Crippen LogP contribution is -2.36. The summed E-state index contributed by atoms with van der Waals surface area (Å²) in [5.74, 6) is 0. The Bertz CT molecular complexity index is 1200. The number of nitrogens with one attached hydrogen (secondary N) is 1. The van der Waals surface area contributed by atoms with Crippen LogP contribution in [0, 0.1) is 22.2 Å². The summed E-state index contributed by atoms with van der Waals surface area (Å²) in [6.07, 6.45) is 1.17. The molecule has 0 unspecified atom stereocenters. The van der Waals surface area contributed by atoms with E-state index >= 15 is 0 Å². The Kier molecular flexibility index (Phi) is 13.2. The first kappa shape index (κ1) is 32.8. The van der Waals surface area contributed by atoms with Gasteiger partial charge in [0.05, 0.1) is 5.69 Å². The van der Waals surface area contributed by atoms with Crippen molar-refractivity contribution in [1.29, 1.82) is 5.26 Å². The van der Waals surface area contributed by atoms with E-state index in [-0.39, 0.29) is 16.5 Å². The number of aromatic amines is 1. The molecule has 0 radical (unpaired) electrons. The second-order valence-corrected chi connectivity index (χ2v) is 11.2. The SMILES string of the molecule is CC.CCN(Cc1ccc(-c2[nH]c(=O)c(C#N)cc2-c2ccccc2)cc1)CC(C)(C)CC(C)(C)C.CN. The molecule has 3 aromatic rings. The van der Waals surface area contributed by atoms with E-state index < -0.39 is 0 Å². The smallest absolute Gasteiger partial charge is 0.266 e. The summed E-state index contributed by atoms with van der Waals surface area (Å²) >= 11 is 0. The summed E-state index contributed by atoms with van der Waals surface area (Å²) in [7, 11) is 1.50. The Morgan fingerprint density at radius 3 is 2.00 bits per heavy atom. The van der Waals surface area contributed by atoms with E-state index in [0.29, 0.717) is 5.41 Å². The molecule has 3 rings (SSSR count). The maximum atomic E-state index is 12.4. The minimum Gasteiger partial charge on any atom is -0.333 e. The average Bonchev–Trinajstić information content (AvgIpc) is 2.90. The molecule has 0 atom stereocenters. The molecule has 1 heterocycles. The fourth-order valence-corrected chi connectivity index (χ4v) is 5.10. The maximum Gasteiger partial charge on any atom is 0.266 e. The summed E-state index contributed by atoms with van der Waals surface area (Å²) in [5.41, 5.74) is 9.53. The van der Waals surface area contributed by atoms with Gasteiger partial charge in [-0.25, -0.2) is 0 Å². The predicted molar refractivity (Wildman–Crippen MR) is 163 cm³/mol. The zero-order chi connectivity index (χ0) is 28.9. The van der Waals surface area contributed by atoms with Crippen molar-refractivity contribution < 1.29 is 0 Å². The second kappa shape index (κ2) is 15.3. The van der Waals surface area contributed by atoms with E-state index in [2.05, 4.69) is 81.4 Å². The first-order valence-corrected chi connectivity index (χ1v) is 13.6. The zero-order valence-electron chi connectivity index (χ0n) is 25.0. The van der Waals surface area contributed by atoms with E-state index in [9.17, 15) is 10.1 Å². The highest BCUT2D eigenvalue weighted by molar-refractivity contribution is 5.81. The number of aromatic nitrogens is 1. The third-order valence-electron chi connectivity index (χ3n) is 6.00. The quantitative estimate of drug-likeness (QED) is 0.325. The van der Waals surface area contributed by atoms with Gasteiger partial charge >= 0.3 is 0 Å². The van der Waals surface area contributed by atoms with Crippen molar-refractivity contribution in [3.05, 3.63) is 82.1 Å². The molecule has 0 fully saturated rings. The highest BCUT2D eigenvalue weighted by Gasteiger charge is 2.27. The van der Waals surface area contributed by atoms with Gasteiger partial charge in [0.2, 0.25) is 0 Å². The van der Waals surface area contributed by atoms with Crippen molar-refractivity contribution in [2.24, 2.45) is 16.6 Å². The average molecular weight is 517 g/mol. The number of H-pyrrole nitrogens is 1. The van der Waals surface area contributed by atoms with Gasteiger partial charge < -0.3 is 10.7 Å². The van der Waals surface area contributed by atoms with Crippen LogP contribution in [0.3, 0.4) is 0 Å². The van der Waals surface area contributed by atoms with Crippen molar-refractivity contribution in [1.82, 2.24) is 9.88 Å². The number of benzene rings is 2. The predicted octanol–water partition coefficient (Wildman–Crippen LogP) is 7.47. The van der Waals surface area contributed by atoms with Crippen LogP contribution >= 0.6 is 0 Å². The molecule has 0 aliphatic rings. The third-order valence-corrected chi connectivity index (χ3v) is 6.00. The van der Waals surface area contributed by atoms with Gasteiger partial charge in [0.15, 0.2) is 0 Å². The highest BCUT2D eigenvalue weighted by atomic mass is 16.1. The molecule has 38 heavy (non-hydrogen) atoms. The Hall–Kier alpha value is -3.20. The summed E-state index contributed by atoms with van der Waals surface area (Å²) in [6.45, 7) is 20.8. The lowest BCUT2D eigenvalue weighted by molar-refractivity contribution is 0.128. The Balaban J connectivity index is 0.00000172. The minimum atomic E-state index is -0.362. The van der Waals surface area contributed by atoms with Crippen LogP contribution in [-0.4, -0.2) is 30.0 Å². The van der Waals surface area contributed by atoms with Crippen LogP contribution in [0.25, 0.3) is 22.4 Å². The molecular formula is C33H48N4O. The topological polar surface area (TPSA) is 85.9 Å². The Morgan fingerprint density at radius 2 is 1.50 bits per heavy atom. The van der Waals surface area contributed by atoms with Gasteiger partial charge in [-0.3, -0.25) is 9.69 Å². The summed E-state index contributed by atoms with van der Waals surface area (Å²) in [5, 5.41) is 9.36. The Morgan fingerprint density at radius 1 is 0.921 bits per heavy atom. The number of hydrogen-bond acceptors (Lipinski definition) is 4. The van der Waals surface area contributed by atoms with Gasteiger partial charge in [-0.05, 0) is 53.6 Å². The van der Waals surface area contributed by atoms with Crippen LogP contribution in [-0.2, 0) is 6.54 Å². The number of nitrogens with two attached hydrogens (primary N) is 1. The van der Waals surface area contributed by atoms with Crippen molar-refractivity contribution in [3.63, 3.8) is 0 Å². The molecule has 5 nitrogen and oxygen atoms in total. The molecule has 5 heteroatoms. The molecule has 0 bridgehead atoms. The first-order valence-electron chi connectivity index (χ1n) is 13.6. The van der Waals surface area contributed by atoms with Crippen LogP contribution in [0.15, 0.2) is 65.5 Å². The van der Waals surface area contributed by atoms with Gasteiger partial charge in [-0.1, -0.05) is 110 Å². The fourth-order valence-electron chi connectivity index (χ4n) is 5.10. The van der Waals surface area contributed by atoms with E-state index in [1.807, 2.05) is 50.2 Å². The zero-order valence-corrected chi connectivity index (χ0v) is 25.0. The van der Waals surface area contributed by atoms with Crippen LogP contribution in [0.5, 0.6) is 0 Å². The van der Waals surface area contributed by atoms with Gasteiger partial charge in [-0.15, -0.1) is 0 Å². The van der Waals surface area contributed by atoms with E-state index in [1.165, 1.54) is 19.0 Å². The Labute approximate surface area is 230 Å². The lowest BCUT2D eigenvalue weighted by atomic mass is 9.76. The monoisotopic (exact) mass is 516 g/mol. The summed E-state index contributed by atoms with van der Waals surface area (Å²) < 4.78 is 0. The van der Waals surface area contributed by atoms with Crippen LogP contribution in [0.2, 0.25) is 0 Å². The molecule has 1 aromatic heterocycles. The van der Waals surface area contributed by atoms with E-state index in [4.69, 9.17) is 0 Å². The molecule has 0 amide bonds. The molecule has 3 N–H and O–H groups in total. The summed E-state index contributed by atoms with van der Waals surface area (Å²) in [6, 6.07) is 22.0. The van der Waals surface area contributed by atoms with Gasteiger partial charge in [-0.2, -0.15) is 5.26 Å². The van der Waals surface area contributed by atoms with Crippen LogP contribution < -0.4 is 11.3 Å². The van der Waals surface area contributed by atoms with Crippen molar-refractivity contribution in [2.75, 3.05) is 20.1 Å². The molecule has 0 saturated heterocycles. The molecule has 2 aromatic carbocycles. The first-order chi connectivity index (χ1) is 18.0. The largest absolute Gasteiger partial charge is 0.333 e. The van der Waals surface area contributed by atoms with Gasteiger partial charge in [0.25, 0.3) is 5.56 Å². The van der Waals surface area contributed by atoms with Crippen LogP contribution in [0.1, 0.15) is 72.9 Å². The second-order valence-electron chi connectivity index (χ2n) is 11.2. The lowest BCUT2D eigenvalue weighted by Gasteiger charge is -2.36. The van der Waals surface area contributed by atoms with Crippen molar-refractivity contribution in [3.8, 4) is 28.5 Å². The third kappa shape index (κ3) is 9.93. The molecular weight excluding hydrogens is 468 g/mol. The number of nitriles is 1. The number of rotatable bonds is 8.